The van der Waals surface area contributed by atoms with E-state index in [1.165, 1.54) is 110 Å². The number of fused-ring (bicyclic) bond motifs is 6. The fourth-order valence-electron chi connectivity index (χ4n) is 13.0. The highest BCUT2D eigenvalue weighted by molar-refractivity contribution is 9.10. The molecule has 0 amide bonds. The average molecular weight is 1270 g/mol. The molecule has 0 spiro atoms. The minimum Gasteiger partial charge on any atom is -0.423 e. The SMILES string of the molecule is Brc1ccc(-c2ccc(Br)cc2)cc1.OB(O)c1c2ccccc2c(-c2ccccc2)c2ccccc12.c1ccc(-c2c3ccccc3c(-c3ccc(-c4ccc(-c5c6ccccc6c(-c6ccccc6)c6ccccc56)cc4)cc3)c3ccccc23)cc1. The summed E-state index contributed by atoms with van der Waals surface area (Å²) in [4.78, 5) is 0. The Morgan fingerprint density at radius 1 is 0.169 bits per heavy atom. The van der Waals surface area contributed by atoms with Gasteiger partial charge in [-0.15, -0.1) is 0 Å². The first-order valence-corrected chi connectivity index (χ1v) is 31.5. The lowest BCUT2D eigenvalue weighted by atomic mass is 9.72. The van der Waals surface area contributed by atoms with E-state index in [2.05, 4.69) is 299 Å². The predicted molar refractivity (Wildman–Crippen MR) is 388 cm³/mol. The lowest BCUT2D eigenvalue weighted by molar-refractivity contribution is 0.426. The molecular weight excluding hydrogens is 1210 g/mol. The summed E-state index contributed by atoms with van der Waals surface area (Å²) in [7, 11) is -1.50. The van der Waals surface area contributed by atoms with Gasteiger partial charge in [0.1, 0.15) is 0 Å². The topological polar surface area (TPSA) is 40.5 Å². The van der Waals surface area contributed by atoms with E-state index in [0.29, 0.717) is 5.46 Å². The Bertz CT molecular complexity index is 4770. The summed E-state index contributed by atoms with van der Waals surface area (Å²) in [6, 6.07) is 118. The maximum atomic E-state index is 9.94. The number of rotatable bonds is 8. The van der Waals surface area contributed by atoms with E-state index in [1.54, 1.807) is 0 Å². The van der Waals surface area contributed by atoms with E-state index in [0.717, 1.165) is 41.6 Å². The van der Waals surface area contributed by atoms with Crippen molar-refractivity contribution in [3.63, 3.8) is 0 Å². The third-order valence-electron chi connectivity index (χ3n) is 17.0. The van der Waals surface area contributed by atoms with E-state index in [9.17, 15) is 10.0 Å². The second kappa shape index (κ2) is 25.4. The summed E-state index contributed by atoms with van der Waals surface area (Å²) in [5.74, 6) is 0. The van der Waals surface area contributed by atoms with Gasteiger partial charge in [0.2, 0.25) is 0 Å². The average Bonchev–Trinajstić information content (AvgIpc) is 1.00. The van der Waals surface area contributed by atoms with Crippen LogP contribution in [0.1, 0.15) is 0 Å². The van der Waals surface area contributed by atoms with Crippen molar-refractivity contribution in [2.75, 3.05) is 0 Å². The third-order valence-corrected chi connectivity index (χ3v) is 18.0. The molecule has 16 rings (SSSR count). The molecule has 2 N–H and O–H groups in total. The first-order chi connectivity index (χ1) is 43.9. The highest BCUT2D eigenvalue weighted by atomic mass is 79.9. The second-order valence-electron chi connectivity index (χ2n) is 22.2. The summed E-state index contributed by atoms with van der Waals surface area (Å²) in [5.41, 5.74) is 17.8. The highest BCUT2D eigenvalue weighted by Gasteiger charge is 2.23. The van der Waals surface area contributed by atoms with Crippen molar-refractivity contribution in [1.29, 1.82) is 0 Å². The van der Waals surface area contributed by atoms with Gasteiger partial charge in [-0.1, -0.05) is 341 Å². The molecule has 89 heavy (non-hydrogen) atoms. The largest absolute Gasteiger partial charge is 0.489 e. The summed E-state index contributed by atoms with van der Waals surface area (Å²) >= 11 is 6.84. The minimum absolute atomic E-state index is 0.566. The van der Waals surface area contributed by atoms with Crippen molar-refractivity contribution in [3.05, 3.63) is 343 Å². The van der Waals surface area contributed by atoms with Crippen LogP contribution in [0.4, 0.5) is 0 Å². The molecule has 0 saturated carbocycles. The Balaban J connectivity index is 0.000000152. The molecule has 0 heterocycles. The van der Waals surface area contributed by atoms with Crippen LogP contribution in [0, 0.1) is 0 Å². The molecule has 0 saturated heterocycles. The van der Waals surface area contributed by atoms with Gasteiger partial charge in [-0.2, -0.15) is 0 Å². The molecular formula is C84H57BBr2O2. The van der Waals surface area contributed by atoms with Crippen LogP contribution in [0.15, 0.2) is 343 Å². The van der Waals surface area contributed by atoms with Crippen molar-refractivity contribution < 1.29 is 10.0 Å². The van der Waals surface area contributed by atoms with Gasteiger partial charge < -0.3 is 10.0 Å². The Kier molecular flexibility index (Phi) is 16.2. The first kappa shape index (κ1) is 56.8. The molecule has 0 aromatic heterocycles. The van der Waals surface area contributed by atoms with Crippen molar-refractivity contribution in [2.45, 2.75) is 0 Å². The predicted octanol–water partition coefficient (Wildman–Crippen LogP) is 22.9. The number of hydrogen-bond acceptors (Lipinski definition) is 2. The van der Waals surface area contributed by atoms with Crippen LogP contribution in [0.2, 0.25) is 0 Å². The molecule has 0 bridgehead atoms. The van der Waals surface area contributed by atoms with Crippen LogP contribution in [0.25, 0.3) is 143 Å². The van der Waals surface area contributed by atoms with E-state index >= 15 is 0 Å². The highest BCUT2D eigenvalue weighted by Crippen LogP contribution is 2.46. The van der Waals surface area contributed by atoms with Crippen LogP contribution < -0.4 is 5.46 Å². The van der Waals surface area contributed by atoms with Gasteiger partial charge in [0, 0.05) is 8.95 Å². The van der Waals surface area contributed by atoms with Gasteiger partial charge in [0.15, 0.2) is 0 Å². The molecule has 0 aliphatic rings. The molecule has 16 aromatic carbocycles. The summed E-state index contributed by atoms with van der Waals surface area (Å²) in [6.07, 6.45) is 0. The molecule has 422 valence electrons. The van der Waals surface area contributed by atoms with Crippen LogP contribution in [0.3, 0.4) is 0 Å². The Morgan fingerprint density at radius 2 is 0.326 bits per heavy atom. The summed E-state index contributed by atoms with van der Waals surface area (Å²) in [6.45, 7) is 0. The number of halogens is 2. The molecule has 0 atom stereocenters. The van der Waals surface area contributed by atoms with Crippen LogP contribution >= 0.6 is 31.9 Å². The summed E-state index contributed by atoms with van der Waals surface area (Å²) in [5, 5.41) is 33.9. The van der Waals surface area contributed by atoms with Crippen molar-refractivity contribution >= 4 is 109 Å². The summed E-state index contributed by atoms with van der Waals surface area (Å²) < 4.78 is 2.22. The molecule has 0 radical (unpaired) electrons. The lowest BCUT2D eigenvalue weighted by Crippen LogP contribution is -2.31. The lowest BCUT2D eigenvalue weighted by Gasteiger charge is -2.18. The number of benzene rings is 16. The maximum absolute atomic E-state index is 9.94. The standard InChI is InChI=1S/C52H34.C20H15BO2.C12H8Br2/c1-3-15-37(16-4-1)49-41-19-7-11-23-45(41)51(46-24-12-8-20-42(46)49)39-31-27-35(28-32-39)36-29-33-40(34-30-36)52-47-25-13-9-21-43(47)50(38-17-5-2-6-18-38)44-22-10-14-26-48(44)52;22-21(23)20-17-12-6-4-10-15(17)19(14-8-2-1-3-9-14)16-11-5-7-13-18(16)20;13-11-5-1-9(2-6-11)10-3-7-12(14)8-4-10/h1-34H;1-13,22-23H;1-8H. The minimum atomic E-state index is -1.50. The molecule has 0 fully saturated rings. The Morgan fingerprint density at radius 3 is 0.539 bits per heavy atom. The van der Waals surface area contributed by atoms with Crippen molar-refractivity contribution in [2.24, 2.45) is 0 Å². The molecule has 5 heteroatoms. The normalized spacial score (nSPS) is 11.1. The van der Waals surface area contributed by atoms with Gasteiger partial charge in [0.25, 0.3) is 0 Å². The van der Waals surface area contributed by atoms with Gasteiger partial charge in [-0.05, 0) is 172 Å². The van der Waals surface area contributed by atoms with Gasteiger partial charge in [-0.25, -0.2) is 0 Å². The monoisotopic (exact) mass is 1270 g/mol. The zero-order valence-corrected chi connectivity index (χ0v) is 51.7. The van der Waals surface area contributed by atoms with E-state index in [-0.39, 0.29) is 0 Å². The fraction of sp³-hybridized carbons (Fsp3) is 0. The zero-order chi connectivity index (χ0) is 60.2. The smallest absolute Gasteiger partial charge is 0.423 e. The quantitative estimate of drug-likeness (QED) is 0.118. The molecule has 2 nitrogen and oxygen atoms in total. The molecule has 0 aliphatic carbocycles. The van der Waals surface area contributed by atoms with Crippen molar-refractivity contribution in [3.8, 4) is 77.9 Å². The van der Waals surface area contributed by atoms with Crippen molar-refractivity contribution in [1.82, 2.24) is 0 Å². The third kappa shape index (κ3) is 11.3. The van der Waals surface area contributed by atoms with Gasteiger partial charge >= 0.3 is 7.12 Å². The molecule has 16 aromatic rings. The van der Waals surface area contributed by atoms with E-state index < -0.39 is 7.12 Å². The molecule has 0 aliphatic heterocycles. The maximum Gasteiger partial charge on any atom is 0.489 e. The zero-order valence-electron chi connectivity index (χ0n) is 48.5. The van der Waals surface area contributed by atoms with Crippen LogP contribution in [0.5, 0.6) is 0 Å². The Hall–Kier alpha value is -9.98. The van der Waals surface area contributed by atoms with Gasteiger partial charge in [-0.3, -0.25) is 0 Å². The van der Waals surface area contributed by atoms with E-state index in [1.807, 2.05) is 66.7 Å². The van der Waals surface area contributed by atoms with Crippen LogP contribution in [-0.4, -0.2) is 17.2 Å². The van der Waals surface area contributed by atoms with E-state index in [4.69, 9.17) is 0 Å². The van der Waals surface area contributed by atoms with Gasteiger partial charge in [0.05, 0.1) is 0 Å². The molecule has 0 unspecified atom stereocenters. The van der Waals surface area contributed by atoms with Crippen LogP contribution in [-0.2, 0) is 0 Å². The first-order valence-electron chi connectivity index (χ1n) is 29.9. The number of hydrogen-bond donors (Lipinski definition) is 2. The second-order valence-corrected chi connectivity index (χ2v) is 24.0. The Labute approximate surface area is 535 Å². The fourth-order valence-corrected chi connectivity index (χ4v) is 13.5.